The third kappa shape index (κ3) is 5.82. The summed E-state index contributed by atoms with van der Waals surface area (Å²) in [5.74, 6) is 0.491. The number of benzene rings is 1. The molecule has 1 aromatic carbocycles. The highest BCUT2D eigenvalue weighted by Gasteiger charge is 2.45. The van der Waals surface area contributed by atoms with Crippen LogP contribution < -0.4 is 5.56 Å². The van der Waals surface area contributed by atoms with Crippen molar-refractivity contribution in [3.63, 3.8) is 0 Å². The topological polar surface area (TPSA) is 112 Å². The average molecular weight is 579 g/mol. The fraction of sp³-hybridized carbons (Fsp3) is 0.656. The quantitative estimate of drug-likeness (QED) is 0.196. The van der Waals surface area contributed by atoms with E-state index in [0.717, 1.165) is 43.0 Å². The molecule has 2 aromatic rings. The molecule has 2 saturated heterocycles. The molecule has 2 saturated carbocycles. The number of carbonyl (C=O) groups is 2. The van der Waals surface area contributed by atoms with Crippen LogP contribution in [0.5, 0.6) is 0 Å². The first-order chi connectivity index (χ1) is 20.4. The van der Waals surface area contributed by atoms with E-state index in [0.29, 0.717) is 23.6 Å². The number of hydrogen-bond acceptors (Lipinski definition) is 9. The van der Waals surface area contributed by atoms with Crippen LogP contribution in [0, 0.1) is 11.8 Å². The third-order valence-corrected chi connectivity index (χ3v) is 9.93. The number of piperidine rings is 2. The molecule has 4 unspecified atom stereocenters. The summed E-state index contributed by atoms with van der Waals surface area (Å²) in [5, 5.41) is 3.94. The number of fused-ring (bicyclic) bond motifs is 5. The summed E-state index contributed by atoms with van der Waals surface area (Å²) < 4.78 is 11.7. The predicted molar refractivity (Wildman–Crippen MR) is 157 cm³/mol. The molecule has 2 aliphatic heterocycles. The number of oxime groups is 1. The Morgan fingerprint density at radius 1 is 0.905 bits per heavy atom. The molecule has 1 aromatic heterocycles. The van der Waals surface area contributed by atoms with Crippen LogP contribution >= 0.6 is 0 Å². The Morgan fingerprint density at radius 2 is 1.60 bits per heavy atom. The van der Waals surface area contributed by atoms with E-state index >= 15 is 0 Å². The van der Waals surface area contributed by atoms with Crippen LogP contribution in [-0.2, 0) is 23.9 Å². The summed E-state index contributed by atoms with van der Waals surface area (Å²) in [6, 6.07) is 9.12. The van der Waals surface area contributed by atoms with Crippen molar-refractivity contribution < 1.29 is 23.9 Å². The van der Waals surface area contributed by atoms with E-state index in [4.69, 9.17) is 14.3 Å². The highest BCUT2D eigenvalue weighted by molar-refractivity contribution is 6.42. The van der Waals surface area contributed by atoms with Crippen molar-refractivity contribution in [2.75, 3.05) is 20.3 Å². The Labute approximate surface area is 246 Å². The van der Waals surface area contributed by atoms with Crippen LogP contribution in [0.3, 0.4) is 0 Å². The lowest BCUT2D eigenvalue weighted by atomic mass is 9.68. The molecule has 42 heavy (non-hydrogen) atoms. The lowest BCUT2D eigenvalue weighted by Crippen LogP contribution is -2.58. The number of methoxy groups -OCH3 is 1. The molecular formula is C32H42N4O6. The maximum atomic E-state index is 14.2. The maximum absolute atomic E-state index is 14.2. The molecule has 0 amide bonds. The molecule has 3 heterocycles. The van der Waals surface area contributed by atoms with Crippen molar-refractivity contribution in [3.05, 3.63) is 40.3 Å². The SMILES string of the molecule is COC(=O)/C(=N/OCCOC(C)=O)c1nc2ccccc2n(C2CC3CCC[C@H](C2)N3C2CC3CCCC(C3)C2)c1=O. The smallest absolute Gasteiger partial charge is 0.362 e. The second-order valence-electron chi connectivity index (χ2n) is 12.6. The number of nitrogens with zero attached hydrogens (tertiary/aromatic N) is 4. The van der Waals surface area contributed by atoms with E-state index in [2.05, 4.69) is 15.0 Å². The molecule has 10 heteroatoms. The normalized spacial score (nSPS) is 29.6. The number of ether oxygens (including phenoxy) is 2. The van der Waals surface area contributed by atoms with Gasteiger partial charge in [-0.15, -0.1) is 0 Å². The number of rotatable bonds is 8. The largest absolute Gasteiger partial charge is 0.464 e. The fourth-order valence-electron chi connectivity index (χ4n) is 8.41. The van der Waals surface area contributed by atoms with Crippen LogP contribution in [0.2, 0.25) is 0 Å². The van der Waals surface area contributed by atoms with Crippen LogP contribution in [0.15, 0.2) is 34.2 Å². The third-order valence-electron chi connectivity index (χ3n) is 9.93. The summed E-state index contributed by atoms with van der Waals surface area (Å²) in [6.07, 6.45) is 13.6. The summed E-state index contributed by atoms with van der Waals surface area (Å²) in [6.45, 7) is 1.18. The Bertz CT molecular complexity index is 1380. The number of esters is 2. The van der Waals surface area contributed by atoms with Gasteiger partial charge in [0.05, 0.1) is 18.1 Å². The molecule has 10 nitrogen and oxygen atoms in total. The van der Waals surface area contributed by atoms with Crippen LogP contribution in [0.4, 0.5) is 0 Å². The Balaban J connectivity index is 1.32. The van der Waals surface area contributed by atoms with Crippen molar-refractivity contribution in [1.82, 2.24) is 14.5 Å². The van der Waals surface area contributed by atoms with Crippen molar-refractivity contribution in [3.8, 4) is 0 Å². The molecule has 4 bridgehead atoms. The summed E-state index contributed by atoms with van der Waals surface area (Å²) >= 11 is 0. The first-order valence-corrected chi connectivity index (χ1v) is 15.6. The van der Waals surface area contributed by atoms with Gasteiger partial charge in [-0.3, -0.25) is 14.5 Å². The van der Waals surface area contributed by atoms with Gasteiger partial charge < -0.3 is 18.9 Å². The Hall–Kier alpha value is -3.27. The van der Waals surface area contributed by atoms with Gasteiger partial charge in [0.2, 0.25) is 5.71 Å². The van der Waals surface area contributed by atoms with Gasteiger partial charge in [0.15, 0.2) is 12.3 Å². The monoisotopic (exact) mass is 578 g/mol. The Kier molecular flexibility index (Phi) is 8.60. The summed E-state index contributed by atoms with van der Waals surface area (Å²) in [5.41, 5.74) is 0.605. The standard InChI is InChI=1S/C32H42N4O6/c1-20(37)41-13-14-42-34-30(32(39)40-2)29-31(38)36(28-12-4-3-11-27(28)33-29)26-18-23-9-6-10-24(19-26)35(23)25-16-21-7-5-8-22(15-21)17-25/h3-4,11-12,21-26H,5-10,13-19H2,1-2H3/b34-30+/t21?,22?,23-,24?,25?,26?/m1/s1. The van der Waals surface area contributed by atoms with Crippen molar-refractivity contribution in [2.45, 2.75) is 102 Å². The van der Waals surface area contributed by atoms with E-state index in [1.54, 1.807) is 0 Å². The lowest BCUT2D eigenvalue weighted by Gasteiger charge is -2.55. The van der Waals surface area contributed by atoms with Gasteiger partial charge in [-0.25, -0.2) is 9.78 Å². The number of hydrogen-bond donors (Lipinski definition) is 0. The lowest BCUT2D eigenvalue weighted by molar-refractivity contribution is -0.142. The molecule has 0 N–H and O–H groups in total. The number of para-hydroxylation sites is 2. The first-order valence-electron chi connectivity index (χ1n) is 15.6. The molecule has 226 valence electrons. The van der Waals surface area contributed by atoms with E-state index in [1.807, 2.05) is 28.8 Å². The molecule has 5 atom stereocenters. The minimum atomic E-state index is -0.816. The second kappa shape index (κ2) is 12.5. The van der Waals surface area contributed by atoms with Gasteiger partial charge in [0.1, 0.15) is 6.61 Å². The van der Waals surface area contributed by atoms with Crippen LogP contribution in [0.1, 0.15) is 89.3 Å². The zero-order valence-corrected chi connectivity index (χ0v) is 24.7. The van der Waals surface area contributed by atoms with Gasteiger partial charge in [-0.1, -0.05) is 43.0 Å². The molecule has 0 spiro atoms. The fourth-order valence-corrected chi connectivity index (χ4v) is 8.41. The van der Waals surface area contributed by atoms with Gasteiger partial charge in [0, 0.05) is 31.1 Å². The zero-order valence-electron chi connectivity index (χ0n) is 24.7. The minimum Gasteiger partial charge on any atom is -0.464 e. The van der Waals surface area contributed by atoms with E-state index in [1.165, 1.54) is 59.0 Å². The van der Waals surface area contributed by atoms with Gasteiger partial charge in [0.25, 0.3) is 5.56 Å². The zero-order chi connectivity index (χ0) is 29.2. The van der Waals surface area contributed by atoms with Crippen molar-refractivity contribution in [2.24, 2.45) is 17.0 Å². The van der Waals surface area contributed by atoms with Gasteiger partial charge in [-0.2, -0.15) is 0 Å². The maximum Gasteiger partial charge on any atom is 0.362 e. The van der Waals surface area contributed by atoms with E-state index in [-0.39, 0.29) is 36.2 Å². The molecule has 4 fully saturated rings. The Morgan fingerprint density at radius 3 is 2.29 bits per heavy atom. The van der Waals surface area contributed by atoms with E-state index in [9.17, 15) is 14.4 Å². The van der Waals surface area contributed by atoms with Crippen LogP contribution in [-0.4, -0.2) is 70.6 Å². The van der Waals surface area contributed by atoms with Crippen LogP contribution in [0.25, 0.3) is 11.0 Å². The summed E-state index contributed by atoms with van der Waals surface area (Å²) in [4.78, 5) is 50.8. The van der Waals surface area contributed by atoms with Crippen molar-refractivity contribution in [1.29, 1.82) is 0 Å². The molecule has 4 aliphatic rings. The molecular weight excluding hydrogens is 536 g/mol. The molecule has 2 aliphatic carbocycles. The average Bonchev–Trinajstić information content (AvgIpc) is 2.97. The number of carbonyl (C=O) groups excluding carboxylic acids is 2. The molecule has 0 radical (unpaired) electrons. The highest BCUT2D eigenvalue weighted by Crippen LogP contribution is 2.47. The second-order valence-corrected chi connectivity index (χ2v) is 12.6. The van der Waals surface area contributed by atoms with Crippen molar-refractivity contribution >= 4 is 28.7 Å². The van der Waals surface area contributed by atoms with Gasteiger partial charge >= 0.3 is 11.9 Å². The first kappa shape index (κ1) is 28.8. The van der Waals surface area contributed by atoms with Gasteiger partial charge in [-0.05, 0) is 68.9 Å². The predicted octanol–water partition coefficient (Wildman–Crippen LogP) is 4.38. The number of aromatic nitrogens is 2. The minimum absolute atomic E-state index is 0.0115. The highest BCUT2D eigenvalue weighted by atomic mass is 16.6. The van der Waals surface area contributed by atoms with E-state index < -0.39 is 11.9 Å². The summed E-state index contributed by atoms with van der Waals surface area (Å²) in [7, 11) is 1.23. The molecule has 6 rings (SSSR count).